The molecule has 1 aliphatic carbocycles. The number of H-pyrrole nitrogens is 1. The van der Waals surface area contributed by atoms with Crippen LogP contribution in [-0.2, 0) is 4.74 Å². The SMILES string of the molecule is COCN1CN(C2CCC(CN(C)CC(F)(F)F)CC2)c2c(cnc3[nH]ccc23)C1=O. The molecule has 3 heterocycles. The number of nitrogens with zero attached hydrogens (tertiary/aromatic N) is 4. The topological polar surface area (TPSA) is 64.7 Å². The number of carbonyl (C=O) groups is 1. The van der Waals surface area contributed by atoms with Crippen LogP contribution in [0, 0.1) is 5.92 Å². The molecule has 10 heteroatoms. The highest BCUT2D eigenvalue weighted by atomic mass is 19.4. The van der Waals surface area contributed by atoms with E-state index in [9.17, 15) is 18.0 Å². The second-order valence-electron chi connectivity index (χ2n) is 8.62. The quantitative estimate of drug-likeness (QED) is 0.747. The van der Waals surface area contributed by atoms with E-state index in [1.165, 1.54) is 11.9 Å². The van der Waals surface area contributed by atoms with Crippen LogP contribution in [0.4, 0.5) is 18.9 Å². The zero-order chi connectivity index (χ0) is 22.2. The Balaban J connectivity index is 1.51. The van der Waals surface area contributed by atoms with Gasteiger partial charge in [0.05, 0.1) is 24.5 Å². The smallest absolute Gasteiger partial charge is 0.364 e. The third kappa shape index (κ3) is 4.64. The molecule has 1 saturated carbocycles. The van der Waals surface area contributed by atoms with Crippen LogP contribution in [-0.4, -0.2) is 78.5 Å². The summed E-state index contributed by atoms with van der Waals surface area (Å²) < 4.78 is 43.1. The molecular weight excluding hydrogens is 411 g/mol. The van der Waals surface area contributed by atoms with Gasteiger partial charge in [0.1, 0.15) is 12.4 Å². The molecule has 0 unspecified atom stereocenters. The van der Waals surface area contributed by atoms with E-state index in [1.54, 1.807) is 18.2 Å². The largest absolute Gasteiger partial charge is 0.401 e. The third-order valence-electron chi connectivity index (χ3n) is 6.25. The number of pyridine rings is 1. The first-order valence-corrected chi connectivity index (χ1v) is 10.5. The highest BCUT2D eigenvalue weighted by Crippen LogP contribution is 2.39. The van der Waals surface area contributed by atoms with Gasteiger partial charge in [-0.1, -0.05) is 0 Å². The van der Waals surface area contributed by atoms with Gasteiger partial charge in [-0.25, -0.2) is 4.98 Å². The monoisotopic (exact) mass is 439 g/mol. The number of halogens is 3. The molecule has 0 radical (unpaired) electrons. The molecule has 1 aliphatic heterocycles. The van der Waals surface area contributed by atoms with Crippen LogP contribution in [0.1, 0.15) is 36.0 Å². The van der Waals surface area contributed by atoms with E-state index < -0.39 is 12.7 Å². The maximum absolute atomic E-state index is 13.0. The van der Waals surface area contributed by atoms with Crippen LogP contribution in [0.25, 0.3) is 11.0 Å². The van der Waals surface area contributed by atoms with Crippen molar-refractivity contribution in [2.24, 2.45) is 5.92 Å². The summed E-state index contributed by atoms with van der Waals surface area (Å²) in [6, 6.07) is 2.14. The van der Waals surface area contributed by atoms with Crippen molar-refractivity contribution >= 4 is 22.6 Å². The van der Waals surface area contributed by atoms with Crippen LogP contribution in [0.15, 0.2) is 18.5 Å². The molecule has 0 aromatic carbocycles. The van der Waals surface area contributed by atoms with Crippen molar-refractivity contribution in [3.05, 3.63) is 24.0 Å². The van der Waals surface area contributed by atoms with Crippen molar-refractivity contribution in [3.63, 3.8) is 0 Å². The lowest BCUT2D eigenvalue weighted by Crippen LogP contribution is -2.52. The van der Waals surface area contributed by atoms with Gasteiger partial charge in [0.2, 0.25) is 0 Å². The number of rotatable bonds is 6. The van der Waals surface area contributed by atoms with Crippen LogP contribution in [0.3, 0.4) is 0 Å². The highest BCUT2D eigenvalue weighted by Gasteiger charge is 2.37. The molecular formula is C21H28F3N5O2. The van der Waals surface area contributed by atoms with Gasteiger partial charge in [-0.05, 0) is 44.7 Å². The molecule has 0 spiro atoms. The average Bonchev–Trinajstić information content (AvgIpc) is 3.18. The predicted molar refractivity (Wildman–Crippen MR) is 111 cm³/mol. The van der Waals surface area contributed by atoms with Crippen molar-refractivity contribution in [2.45, 2.75) is 37.9 Å². The number of methoxy groups -OCH3 is 1. The summed E-state index contributed by atoms with van der Waals surface area (Å²) in [4.78, 5) is 25.7. The molecule has 0 atom stereocenters. The minimum Gasteiger partial charge on any atom is -0.364 e. The van der Waals surface area contributed by atoms with Crippen molar-refractivity contribution in [1.82, 2.24) is 19.8 Å². The lowest BCUT2D eigenvalue weighted by molar-refractivity contribution is -0.144. The minimum atomic E-state index is -4.17. The van der Waals surface area contributed by atoms with Gasteiger partial charge in [-0.2, -0.15) is 13.2 Å². The van der Waals surface area contributed by atoms with E-state index in [1.807, 2.05) is 12.3 Å². The van der Waals surface area contributed by atoms with E-state index >= 15 is 0 Å². The summed E-state index contributed by atoms with van der Waals surface area (Å²) in [6.45, 7) is 0.187. The number of aromatic nitrogens is 2. The third-order valence-corrected chi connectivity index (χ3v) is 6.25. The van der Waals surface area contributed by atoms with Gasteiger partial charge in [0, 0.05) is 37.5 Å². The Bertz CT molecular complexity index is 923. The first-order valence-electron chi connectivity index (χ1n) is 10.5. The lowest BCUT2D eigenvalue weighted by atomic mass is 9.84. The molecule has 4 rings (SSSR count). The Labute approximate surface area is 179 Å². The van der Waals surface area contributed by atoms with Gasteiger partial charge in [0.25, 0.3) is 5.91 Å². The van der Waals surface area contributed by atoms with Crippen molar-refractivity contribution in [2.75, 3.05) is 45.5 Å². The maximum atomic E-state index is 13.0. The Morgan fingerprint density at radius 1 is 1.29 bits per heavy atom. The van der Waals surface area contributed by atoms with E-state index in [0.717, 1.165) is 42.4 Å². The summed E-state index contributed by atoms with van der Waals surface area (Å²) in [6.07, 6.45) is 2.71. The fourth-order valence-electron chi connectivity index (χ4n) is 4.95. The molecule has 1 N–H and O–H groups in total. The molecule has 2 aromatic rings. The molecule has 1 amide bonds. The number of hydrogen-bond acceptors (Lipinski definition) is 5. The summed E-state index contributed by atoms with van der Waals surface area (Å²) in [5, 5.41) is 0.912. The van der Waals surface area contributed by atoms with Crippen LogP contribution in [0.5, 0.6) is 0 Å². The minimum absolute atomic E-state index is 0.105. The molecule has 31 heavy (non-hydrogen) atoms. The fourth-order valence-corrected chi connectivity index (χ4v) is 4.95. The number of fused-ring (bicyclic) bond motifs is 3. The highest BCUT2D eigenvalue weighted by molar-refractivity contribution is 6.08. The number of hydrogen-bond donors (Lipinski definition) is 1. The second-order valence-corrected chi connectivity index (χ2v) is 8.62. The van der Waals surface area contributed by atoms with Crippen molar-refractivity contribution < 1.29 is 22.7 Å². The fraction of sp³-hybridized carbons (Fsp3) is 0.619. The Kier molecular flexibility index (Phi) is 6.11. The zero-order valence-electron chi connectivity index (χ0n) is 17.8. The summed E-state index contributed by atoms with van der Waals surface area (Å²) >= 11 is 0. The number of ether oxygens (including phenoxy) is 1. The number of aromatic amines is 1. The first kappa shape index (κ1) is 21.9. The van der Waals surface area contributed by atoms with E-state index in [0.29, 0.717) is 18.8 Å². The molecule has 7 nitrogen and oxygen atoms in total. The van der Waals surface area contributed by atoms with Crippen molar-refractivity contribution in [3.8, 4) is 0 Å². The van der Waals surface area contributed by atoms with E-state index in [2.05, 4.69) is 14.9 Å². The average molecular weight is 439 g/mol. The molecule has 0 bridgehead atoms. The normalized spacial score (nSPS) is 22.5. The summed E-state index contributed by atoms with van der Waals surface area (Å²) in [7, 11) is 3.09. The number of carbonyl (C=O) groups excluding carboxylic acids is 1. The van der Waals surface area contributed by atoms with Crippen molar-refractivity contribution in [1.29, 1.82) is 0 Å². The van der Waals surface area contributed by atoms with Gasteiger partial charge >= 0.3 is 6.18 Å². The van der Waals surface area contributed by atoms with Gasteiger partial charge in [0.15, 0.2) is 0 Å². The van der Waals surface area contributed by atoms with Crippen LogP contribution in [0.2, 0.25) is 0 Å². The zero-order valence-corrected chi connectivity index (χ0v) is 17.8. The standard InChI is InChI=1S/C21H28F3N5O2/c1-27(11-21(22,23)24)10-14-3-5-15(6-4-14)29-12-28(13-31-2)20(30)17-9-26-19-16(18(17)29)7-8-25-19/h7-9,14-15H,3-6,10-13H2,1-2H3,(H,25,26). The molecule has 170 valence electrons. The summed E-state index contributed by atoms with van der Waals surface area (Å²) in [5.41, 5.74) is 2.18. The Morgan fingerprint density at radius 3 is 2.71 bits per heavy atom. The van der Waals surface area contributed by atoms with E-state index in [-0.39, 0.29) is 24.6 Å². The second kappa shape index (κ2) is 8.66. The van der Waals surface area contributed by atoms with Crippen LogP contribution < -0.4 is 4.90 Å². The van der Waals surface area contributed by atoms with Gasteiger partial charge in [-0.15, -0.1) is 0 Å². The summed E-state index contributed by atoms with van der Waals surface area (Å²) in [5.74, 6) is 0.139. The lowest BCUT2D eigenvalue weighted by Gasteiger charge is -2.44. The number of nitrogens with one attached hydrogen (secondary N) is 1. The van der Waals surface area contributed by atoms with Crippen LogP contribution >= 0.6 is 0 Å². The number of amides is 1. The number of anilines is 1. The van der Waals surface area contributed by atoms with Gasteiger partial charge in [-0.3, -0.25) is 14.6 Å². The Hall–Kier alpha value is -2.33. The molecule has 2 aromatic heterocycles. The predicted octanol–water partition coefficient (Wildman–Crippen LogP) is 3.44. The first-order chi connectivity index (χ1) is 14.8. The number of alkyl halides is 3. The Morgan fingerprint density at radius 2 is 2.03 bits per heavy atom. The maximum Gasteiger partial charge on any atom is 0.401 e. The molecule has 0 saturated heterocycles. The molecule has 2 aliphatic rings. The van der Waals surface area contributed by atoms with E-state index in [4.69, 9.17) is 4.74 Å². The molecule has 1 fully saturated rings. The van der Waals surface area contributed by atoms with Gasteiger partial charge < -0.3 is 14.6 Å².